The molecular formula is C19H25BrN4O3. The van der Waals surface area contributed by atoms with Crippen LogP contribution >= 0.6 is 15.9 Å². The number of aliphatic hydroxyl groups is 1. The van der Waals surface area contributed by atoms with Crippen molar-refractivity contribution in [1.29, 1.82) is 0 Å². The fraction of sp³-hybridized carbons (Fsp3) is 0.474. The Kier molecular flexibility index (Phi) is 6.73. The Morgan fingerprint density at radius 1 is 1.26 bits per heavy atom. The summed E-state index contributed by atoms with van der Waals surface area (Å²) in [5.41, 5.74) is 1.04. The number of nitrogens with one attached hydrogen (secondary N) is 1. The van der Waals surface area contributed by atoms with Gasteiger partial charge < -0.3 is 24.8 Å². The first kappa shape index (κ1) is 19.7. The summed E-state index contributed by atoms with van der Waals surface area (Å²) in [4.78, 5) is 10.9. The Bertz CT molecular complexity index is 775. The topological polar surface area (TPSA) is 79.7 Å². The number of nitrogens with zero attached hydrogens (tertiary/aromatic N) is 3. The highest BCUT2D eigenvalue weighted by Gasteiger charge is 2.20. The fourth-order valence-corrected chi connectivity index (χ4v) is 3.96. The van der Waals surface area contributed by atoms with Crippen molar-refractivity contribution < 1.29 is 14.6 Å². The first-order chi connectivity index (χ1) is 13.1. The van der Waals surface area contributed by atoms with Crippen molar-refractivity contribution in [2.75, 3.05) is 44.1 Å². The summed E-state index contributed by atoms with van der Waals surface area (Å²) in [6.07, 6.45) is 3.71. The third-order valence-corrected chi connectivity index (χ3v) is 5.31. The maximum Gasteiger partial charge on any atom is 0.174 e. The molecule has 146 valence electrons. The Hall–Kier alpha value is -2.06. The lowest BCUT2D eigenvalue weighted by atomic mass is 9.99. The van der Waals surface area contributed by atoms with Gasteiger partial charge in [0.25, 0.3) is 0 Å². The molecule has 0 saturated carbocycles. The summed E-state index contributed by atoms with van der Waals surface area (Å²) >= 11 is 3.52. The number of rotatable bonds is 7. The predicted octanol–water partition coefficient (Wildman–Crippen LogP) is 3.08. The molecule has 27 heavy (non-hydrogen) atoms. The molecule has 1 aliphatic heterocycles. The van der Waals surface area contributed by atoms with Crippen LogP contribution < -0.4 is 19.7 Å². The summed E-state index contributed by atoms with van der Waals surface area (Å²) in [7, 11) is 3.24. The quantitative estimate of drug-likeness (QED) is 0.689. The van der Waals surface area contributed by atoms with Crippen LogP contribution in [-0.4, -0.2) is 49.0 Å². The number of methoxy groups -OCH3 is 2. The number of ether oxygens (including phenoxy) is 2. The first-order valence-electron chi connectivity index (χ1n) is 8.96. The van der Waals surface area contributed by atoms with Crippen molar-refractivity contribution in [2.45, 2.75) is 19.4 Å². The van der Waals surface area contributed by atoms with Crippen LogP contribution in [-0.2, 0) is 6.54 Å². The minimum Gasteiger partial charge on any atom is -0.493 e. The molecule has 2 heterocycles. The van der Waals surface area contributed by atoms with Crippen LogP contribution in [0.3, 0.4) is 0 Å². The Labute approximate surface area is 167 Å². The highest BCUT2D eigenvalue weighted by molar-refractivity contribution is 9.10. The lowest BCUT2D eigenvalue weighted by molar-refractivity contribution is 0.208. The summed E-state index contributed by atoms with van der Waals surface area (Å²) in [6, 6.07) is 5.89. The number of hydrogen-bond donors (Lipinski definition) is 2. The van der Waals surface area contributed by atoms with E-state index in [1.807, 2.05) is 18.2 Å². The predicted molar refractivity (Wildman–Crippen MR) is 109 cm³/mol. The second-order valence-electron chi connectivity index (χ2n) is 6.56. The van der Waals surface area contributed by atoms with Crippen LogP contribution in [0.25, 0.3) is 0 Å². The van der Waals surface area contributed by atoms with Crippen LogP contribution in [0.15, 0.2) is 29.0 Å². The normalized spacial score (nSPS) is 16.9. The zero-order chi connectivity index (χ0) is 19.2. The monoisotopic (exact) mass is 436 g/mol. The largest absolute Gasteiger partial charge is 0.493 e. The van der Waals surface area contributed by atoms with Crippen LogP contribution in [0, 0.1) is 5.92 Å². The van der Waals surface area contributed by atoms with Crippen molar-refractivity contribution in [1.82, 2.24) is 9.97 Å². The first-order valence-corrected chi connectivity index (χ1v) is 9.76. The van der Waals surface area contributed by atoms with Crippen LogP contribution in [0.2, 0.25) is 0 Å². The maximum atomic E-state index is 9.43. The van der Waals surface area contributed by atoms with E-state index in [0.29, 0.717) is 24.0 Å². The lowest BCUT2D eigenvalue weighted by Crippen LogP contribution is -2.37. The Morgan fingerprint density at radius 2 is 2.11 bits per heavy atom. The van der Waals surface area contributed by atoms with Crippen molar-refractivity contribution in [3.63, 3.8) is 0 Å². The number of aliphatic hydroxyl groups excluding tert-OH is 1. The van der Waals surface area contributed by atoms with Crippen LogP contribution in [0.5, 0.6) is 11.5 Å². The average Bonchev–Trinajstić information content (AvgIpc) is 2.72. The zero-order valence-electron chi connectivity index (χ0n) is 15.6. The van der Waals surface area contributed by atoms with Gasteiger partial charge in [-0.2, -0.15) is 0 Å². The maximum absolute atomic E-state index is 9.43. The van der Waals surface area contributed by atoms with Gasteiger partial charge in [-0.3, -0.25) is 0 Å². The molecule has 0 spiro atoms. The summed E-state index contributed by atoms with van der Waals surface area (Å²) in [5, 5.41) is 12.8. The molecule has 3 rings (SSSR count). The highest BCUT2D eigenvalue weighted by Crippen LogP contribution is 2.36. The van der Waals surface area contributed by atoms with Crippen molar-refractivity contribution >= 4 is 27.6 Å². The molecule has 0 aliphatic carbocycles. The van der Waals surface area contributed by atoms with E-state index in [1.165, 1.54) is 0 Å². The second kappa shape index (κ2) is 9.23. The van der Waals surface area contributed by atoms with E-state index in [0.717, 1.165) is 47.6 Å². The zero-order valence-corrected chi connectivity index (χ0v) is 17.2. The molecule has 0 amide bonds. The van der Waals surface area contributed by atoms with Gasteiger partial charge in [-0.05, 0) is 52.4 Å². The van der Waals surface area contributed by atoms with E-state index in [2.05, 4.69) is 36.1 Å². The van der Waals surface area contributed by atoms with E-state index in [4.69, 9.17) is 9.47 Å². The standard InChI is InChI=1S/C19H25BrN4O3/c1-26-16-7-14(6-15(20)19(16)27-2)9-21-17-8-18(23-12-22-17)24-5-3-4-13(10-24)11-25/h6-8,12-13,25H,3-5,9-11H2,1-2H3,(H,21,22,23). The molecule has 1 unspecified atom stereocenters. The molecule has 2 aromatic rings. The molecule has 2 N–H and O–H groups in total. The van der Waals surface area contributed by atoms with Crippen LogP contribution in [0.1, 0.15) is 18.4 Å². The van der Waals surface area contributed by atoms with Gasteiger partial charge in [-0.25, -0.2) is 9.97 Å². The molecule has 1 atom stereocenters. The summed E-state index contributed by atoms with van der Waals surface area (Å²) < 4.78 is 11.6. The summed E-state index contributed by atoms with van der Waals surface area (Å²) in [6.45, 7) is 2.60. The molecule has 0 bridgehead atoms. The smallest absolute Gasteiger partial charge is 0.174 e. The van der Waals surface area contributed by atoms with Crippen molar-refractivity contribution in [3.8, 4) is 11.5 Å². The molecule has 1 aliphatic rings. The van der Waals surface area contributed by atoms with Gasteiger partial charge in [0.1, 0.15) is 18.0 Å². The lowest BCUT2D eigenvalue weighted by Gasteiger charge is -2.32. The average molecular weight is 437 g/mol. The molecule has 1 aromatic heterocycles. The third-order valence-electron chi connectivity index (χ3n) is 4.72. The molecule has 7 nitrogen and oxygen atoms in total. The second-order valence-corrected chi connectivity index (χ2v) is 7.42. The molecular weight excluding hydrogens is 412 g/mol. The van der Waals surface area contributed by atoms with Crippen LogP contribution in [0.4, 0.5) is 11.6 Å². The van der Waals surface area contributed by atoms with E-state index in [-0.39, 0.29) is 6.61 Å². The molecule has 1 fully saturated rings. The van der Waals surface area contributed by atoms with Crippen molar-refractivity contribution in [2.24, 2.45) is 5.92 Å². The van der Waals surface area contributed by atoms with Crippen molar-refractivity contribution in [3.05, 3.63) is 34.6 Å². The molecule has 1 aromatic carbocycles. The number of aromatic nitrogens is 2. The summed E-state index contributed by atoms with van der Waals surface area (Å²) in [5.74, 6) is 3.31. The fourth-order valence-electron chi connectivity index (χ4n) is 3.30. The van der Waals surface area contributed by atoms with Gasteiger partial charge >= 0.3 is 0 Å². The van der Waals surface area contributed by atoms with Gasteiger partial charge in [0.05, 0.1) is 18.7 Å². The minimum absolute atomic E-state index is 0.223. The van der Waals surface area contributed by atoms with E-state index >= 15 is 0 Å². The number of piperidine rings is 1. The number of halogens is 1. The molecule has 8 heteroatoms. The third kappa shape index (κ3) is 4.81. The van der Waals surface area contributed by atoms with Gasteiger partial charge in [0.15, 0.2) is 11.5 Å². The number of anilines is 2. The van der Waals surface area contributed by atoms with Gasteiger partial charge in [0.2, 0.25) is 0 Å². The van der Waals surface area contributed by atoms with Gasteiger partial charge in [-0.15, -0.1) is 0 Å². The van der Waals surface area contributed by atoms with E-state index < -0.39 is 0 Å². The minimum atomic E-state index is 0.223. The number of benzene rings is 1. The highest BCUT2D eigenvalue weighted by atomic mass is 79.9. The van der Waals surface area contributed by atoms with E-state index in [1.54, 1.807) is 20.5 Å². The Balaban J connectivity index is 1.69. The van der Waals surface area contributed by atoms with Gasteiger partial charge in [-0.1, -0.05) is 0 Å². The number of hydrogen-bond acceptors (Lipinski definition) is 7. The SMILES string of the molecule is COc1cc(CNc2cc(N3CCCC(CO)C3)ncn2)cc(Br)c1OC. The Morgan fingerprint density at radius 3 is 2.85 bits per heavy atom. The van der Waals surface area contributed by atoms with Gasteiger partial charge in [0, 0.05) is 32.3 Å². The van der Waals surface area contributed by atoms with E-state index in [9.17, 15) is 5.11 Å². The molecule has 1 saturated heterocycles. The molecule has 0 radical (unpaired) electrons.